The molecule has 0 spiro atoms. The molecular weight excluding hydrogens is 208 g/mol. The zero-order chi connectivity index (χ0) is 10.9. The van der Waals surface area contributed by atoms with Crippen molar-refractivity contribution in [3.63, 3.8) is 0 Å². The summed E-state index contributed by atoms with van der Waals surface area (Å²) < 4.78 is 0. The largest absolute Gasteiger partial charge is 0.507 e. The monoisotopic (exact) mass is 216 g/mol. The standard InChI is InChI=1S/C9H9ClO4/c1-4-2-5(10)3-6(7(4)11)8(12)9(13)14/h2-3,8,11-12H,1H3,(H,13,14). The third kappa shape index (κ3) is 1.97. The minimum absolute atomic E-state index is 0.0949. The second-order valence-electron chi connectivity index (χ2n) is 2.90. The highest BCUT2D eigenvalue weighted by Crippen LogP contribution is 2.31. The van der Waals surface area contributed by atoms with E-state index in [9.17, 15) is 15.0 Å². The third-order valence-electron chi connectivity index (χ3n) is 1.82. The molecule has 0 aliphatic heterocycles. The van der Waals surface area contributed by atoms with Crippen LogP contribution in [-0.2, 0) is 4.79 Å². The fourth-order valence-corrected chi connectivity index (χ4v) is 1.38. The van der Waals surface area contributed by atoms with E-state index in [-0.39, 0.29) is 16.3 Å². The first kappa shape index (κ1) is 10.8. The second kappa shape index (κ2) is 3.86. The fourth-order valence-electron chi connectivity index (χ4n) is 1.10. The third-order valence-corrected chi connectivity index (χ3v) is 2.04. The Morgan fingerprint density at radius 3 is 2.57 bits per heavy atom. The van der Waals surface area contributed by atoms with Gasteiger partial charge in [0.2, 0.25) is 0 Å². The van der Waals surface area contributed by atoms with Crippen molar-refractivity contribution < 1.29 is 20.1 Å². The Balaban J connectivity index is 3.26. The molecule has 5 heteroatoms. The summed E-state index contributed by atoms with van der Waals surface area (Å²) >= 11 is 5.66. The molecule has 4 nitrogen and oxygen atoms in total. The molecule has 0 bridgehead atoms. The lowest BCUT2D eigenvalue weighted by Crippen LogP contribution is -2.10. The molecule has 0 aliphatic rings. The number of carboxylic acids is 1. The van der Waals surface area contributed by atoms with Crippen molar-refractivity contribution in [1.29, 1.82) is 0 Å². The van der Waals surface area contributed by atoms with E-state index < -0.39 is 12.1 Å². The van der Waals surface area contributed by atoms with E-state index in [1.807, 2.05) is 0 Å². The van der Waals surface area contributed by atoms with Crippen molar-refractivity contribution in [3.8, 4) is 5.75 Å². The van der Waals surface area contributed by atoms with E-state index in [0.717, 1.165) is 0 Å². The molecule has 76 valence electrons. The second-order valence-corrected chi connectivity index (χ2v) is 3.34. The molecule has 0 radical (unpaired) electrons. The number of hydrogen-bond acceptors (Lipinski definition) is 3. The van der Waals surface area contributed by atoms with Crippen molar-refractivity contribution in [2.45, 2.75) is 13.0 Å². The summed E-state index contributed by atoms with van der Waals surface area (Å²) in [5.74, 6) is -1.67. The van der Waals surface area contributed by atoms with Crippen molar-refractivity contribution >= 4 is 17.6 Å². The molecule has 0 aromatic heterocycles. The van der Waals surface area contributed by atoms with E-state index >= 15 is 0 Å². The van der Waals surface area contributed by atoms with Gasteiger partial charge in [0.15, 0.2) is 6.10 Å². The molecule has 1 atom stereocenters. The van der Waals surface area contributed by atoms with Crippen LogP contribution in [0, 0.1) is 6.92 Å². The first-order valence-corrected chi connectivity index (χ1v) is 4.21. The Morgan fingerprint density at radius 2 is 2.07 bits per heavy atom. The zero-order valence-electron chi connectivity index (χ0n) is 7.36. The number of benzene rings is 1. The first-order chi connectivity index (χ1) is 6.43. The number of carboxylic acid groups (broad SMARTS) is 1. The lowest BCUT2D eigenvalue weighted by molar-refractivity contribution is -0.147. The van der Waals surface area contributed by atoms with Gasteiger partial charge in [-0.05, 0) is 24.6 Å². The number of phenolic OH excluding ortho intramolecular Hbond substituents is 1. The van der Waals surface area contributed by atoms with E-state index in [1.165, 1.54) is 12.1 Å². The topological polar surface area (TPSA) is 77.8 Å². The minimum Gasteiger partial charge on any atom is -0.507 e. The number of hydrogen-bond donors (Lipinski definition) is 3. The summed E-state index contributed by atoms with van der Waals surface area (Å²) in [5.41, 5.74) is 0.329. The molecule has 0 aliphatic carbocycles. The lowest BCUT2D eigenvalue weighted by atomic mass is 10.0. The van der Waals surface area contributed by atoms with E-state index in [2.05, 4.69) is 0 Å². The zero-order valence-corrected chi connectivity index (χ0v) is 8.12. The van der Waals surface area contributed by atoms with Gasteiger partial charge in [-0.3, -0.25) is 0 Å². The molecule has 1 rings (SSSR count). The number of aliphatic carboxylic acids is 1. The highest BCUT2D eigenvalue weighted by Gasteiger charge is 2.21. The summed E-state index contributed by atoms with van der Waals surface area (Å²) in [5, 5.41) is 27.5. The van der Waals surface area contributed by atoms with Crippen LogP contribution in [0.1, 0.15) is 17.2 Å². The number of aliphatic hydroxyl groups is 1. The Bertz CT molecular complexity index is 375. The Hall–Kier alpha value is -1.26. The molecule has 1 aromatic rings. The molecule has 1 aromatic carbocycles. The quantitative estimate of drug-likeness (QED) is 0.700. The van der Waals surface area contributed by atoms with Gasteiger partial charge in [-0.1, -0.05) is 11.6 Å². The van der Waals surface area contributed by atoms with Gasteiger partial charge >= 0.3 is 5.97 Å². The van der Waals surface area contributed by atoms with Crippen molar-refractivity contribution in [1.82, 2.24) is 0 Å². The van der Waals surface area contributed by atoms with Crippen molar-refractivity contribution in [3.05, 3.63) is 28.3 Å². The Morgan fingerprint density at radius 1 is 1.50 bits per heavy atom. The Labute approximate surface area is 85.4 Å². The number of phenols is 1. The number of carbonyl (C=O) groups is 1. The molecule has 0 saturated carbocycles. The number of rotatable bonds is 2. The van der Waals surface area contributed by atoms with Crippen LogP contribution >= 0.6 is 11.6 Å². The summed E-state index contributed by atoms with van der Waals surface area (Å²) in [6.45, 7) is 1.57. The predicted octanol–water partition coefficient (Wildman–Crippen LogP) is 1.47. The minimum atomic E-state index is -1.76. The molecule has 14 heavy (non-hydrogen) atoms. The van der Waals surface area contributed by atoms with Crippen LogP contribution in [0.4, 0.5) is 0 Å². The molecule has 1 unspecified atom stereocenters. The maximum Gasteiger partial charge on any atom is 0.337 e. The maximum absolute atomic E-state index is 10.5. The molecule has 3 N–H and O–H groups in total. The van der Waals surface area contributed by atoms with E-state index in [4.69, 9.17) is 16.7 Å². The van der Waals surface area contributed by atoms with Crippen LogP contribution in [0.2, 0.25) is 5.02 Å². The normalized spacial score (nSPS) is 12.5. The molecule has 0 fully saturated rings. The maximum atomic E-state index is 10.5. The molecule has 0 saturated heterocycles. The van der Waals surface area contributed by atoms with Gasteiger partial charge in [-0.15, -0.1) is 0 Å². The van der Waals surface area contributed by atoms with Gasteiger partial charge in [0.1, 0.15) is 5.75 Å². The number of halogens is 1. The van der Waals surface area contributed by atoms with Gasteiger partial charge < -0.3 is 15.3 Å². The van der Waals surface area contributed by atoms with E-state index in [0.29, 0.717) is 5.56 Å². The van der Waals surface area contributed by atoms with Gasteiger partial charge in [0.05, 0.1) is 0 Å². The molecule has 0 amide bonds. The highest BCUT2D eigenvalue weighted by atomic mass is 35.5. The fraction of sp³-hybridized carbons (Fsp3) is 0.222. The van der Waals surface area contributed by atoms with Crippen molar-refractivity contribution in [2.24, 2.45) is 0 Å². The van der Waals surface area contributed by atoms with Crippen LogP contribution in [0.5, 0.6) is 5.75 Å². The summed E-state index contributed by atoms with van der Waals surface area (Å²) in [6.07, 6.45) is -1.76. The molecule has 0 heterocycles. The average Bonchev–Trinajstić information content (AvgIpc) is 2.09. The summed E-state index contributed by atoms with van der Waals surface area (Å²) in [6, 6.07) is 2.71. The van der Waals surface area contributed by atoms with E-state index in [1.54, 1.807) is 6.92 Å². The van der Waals surface area contributed by atoms with Gasteiger partial charge in [-0.25, -0.2) is 4.79 Å². The van der Waals surface area contributed by atoms with Crippen LogP contribution in [0.25, 0.3) is 0 Å². The average molecular weight is 217 g/mol. The summed E-state index contributed by atoms with van der Waals surface area (Å²) in [7, 11) is 0. The first-order valence-electron chi connectivity index (χ1n) is 3.83. The van der Waals surface area contributed by atoms with Crippen LogP contribution in [0.3, 0.4) is 0 Å². The highest BCUT2D eigenvalue weighted by molar-refractivity contribution is 6.30. The number of aryl methyl sites for hydroxylation is 1. The van der Waals surface area contributed by atoms with Crippen LogP contribution in [0.15, 0.2) is 12.1 Å². The predicted molar refractivity (Wildman–Crippen MR) is 50.4 cm³/mol. The number of aromatic hydroxyl groups is 1. The SMILES string of the molecule is Cc1cc(Cl)cc(C(O)C(=O)O)c1O. The Kier molecular flexibility index (Phi) is 2.98. The van der Waals surface area contributed by atoms with Crippen LogP contribution < -0.4 is 0 Å². The summed E-state index contributed by atoms with van der Waals surface area (Å²) in [4.78, 5) is 10.5. The van der Waals surface area contributed by atoms with Crippen molar-refractivity contribution in [2.75, 3.05) is 0 Å². The smallest absolute Gasteiger partial charge is 0.337 e. The van der Waals surface area contributed by atoms with Gasteiger partial charge in [-0.2, -0.15) is 0 Å². The number of aliphatic hydroxyl groups excluding tert-OH is 1. The van der Waals surface area contributed by atoms with Gasteiger partial charge in [0, 0.05) is 10.6 Å². The lowest BCUT2D eigenvalue weighted by Gasteiger charge is -2.10. The van der Waals surface area contributed by atoms with Gasteiger partial charge in [0.25, 0.3) is 0 Å². The molecular formula is C9H9ClO4. The van der Waals surface area contributed by atoms with Crippen LogP contribution in [-0.4, -0.2) is 21.3 Å².